The molecule has 1 amide bonds. The average molecular weight is 368 g/mol. The number of rotatable bonds is 8. The third-order valence-corrected chi connectivity index (χ3v) is 3.57. The molecule has 2 aromatic rings. The second-order valence-corrected chi connectivity index (χ2v) is 6.29. The maximum Gasteiger partial charge on any atom is 0.271 e. The van der Waals surface area contributed by atoms with Crippen LogP contribution in [0.5, 0.6) is 11.5 Å². The highest BCUT2D eigenvalue weighted by Gasteiger charge is 2.22. The van der Waals surface area contributed by atoms with Crippen molar-refractivity contribution in [2.24, 2.45) is 5.10 Å². The Balaban J connectivity index is 1.95. The number of hydrogen-bond acceptors (Lipinski definition) is 5. The zero-order valence-electron chi connectivity index (χ0n) is 15.7. The molecule has 0 aliphatic carbocycles. The van der Waals surface area contributed by atoms with Gasteiger partial charge in [0.2, 0.25) is 0 Å². The van der Waals surface area contributed by atoms with Gasteiger partial charge in [0.1, 0.15) is 12.2 Å². The number of carbonyl (C=O) groups is 1. The van der Waals surface area contributed by atoms with Crippen LogP contribution in [0.25, 0.3) is 6.08 Å². The predicted octanol–water partition coefficient (Wildman–Crippen LogP) is 3.01. The molecule has 2 rings (SSSR count). The van der Waals surface area contributed by atoms with Gasteiger partial charge >= 0.3 is 0 Å². The van der Waals surface area contributed by atoms with Gasteiger partial charge in [-0.15, -0.1) is 0 Å². The molecule has 6 nitrogen and oxygen atoms in total. The Morgan fingerprint density at radius 1 is 1.15 bits per heavy atom. The number of amides is 1. The second kappa shape index (κ2) is 9.54. The molecule has 0 atom stereocenters. The Morgan fingerprint density at radius 2 is 1.89 bits per heavy atom. The van der Waals surface area contributed by atoms with Crippen molar-refractivity contribution in [2.75, 3.05) is 13.7 Å². The summed E-state index contributed by atoms with van der Waals surface area (Å²) in [4.78, 5) is 11.6. The van der Waals surface area contributed by atoms with E-state index < -0.39 is 11.5 Å². The van der Waals surface area contributed by atoms with Crippen LogP contribution in [-0.4, -0.2) is 36.5 Å². The Kier molecular flexibility index (Phi) is 7.14. The molecular weight excluding hydrogens is 344 g/mol. The minimum atomic E-state index is -1.49. The van der Waals surface area contributed by atoms with E-state index in [1.54, 1.807) is 25.3 Å². The molecule has 6 heteroatoms. The summed E-state index contributed by atoms with van der Waals surface area (Å²) in [6.07, 6.45) is 5.38. The van der Waals surface area contributed by atoms with E-state index in [2.05, 4.69) is 10.5 Å². The Morgan fingerprint density at radius 3 is 2.56 bits per heavy atom. The first-order chi connectivity index (χ1) is 12.9. The number of hydrogen-bond donors (Lipinski definition) is 2. The summed E-state index contributed by atoms with van der Waals surface area (Å²) in [5.41, 5.74) is 2.62. The largest absolute Gasteiger partial charge is 0.493 e. The van der Waals surface area contributed by atoms with Gasteiger partial charge in [0.05, 0.1) is 13.3 Å². The van der Waals surface area contributed by atoms with E-state index in [-0.39, 0.29) is 0 Å². The van der Waals surface area contributed by atoms with E-state index in [0.29, 0.717) is 18.1 Å². The Bertz CT molecular complexity index is 809. The Labute approximate surface area is 159 Å². The third kappa shape index (κ3) is 6.60. The van der Waals surface area contributed by atoms with Crippen molar-refractivity contribution < 1.29 is 19.4 Å². The number of aliphatic hydroxyl groups is 1. The summed E-state index contributed by atoms with van der Waals surface area (Å²) in [6, 6.07) is 15.3. The lowest BCUT2D eigenvalue weighted by atomic mass is 10.1. The van der Waals surface area contributed by atoms with Crippen LogP contribution in [-0.2, 0) is 4.79 Å². The fourth-order valence-corrected chi connectivity index (χ4v) is 2.07. The maximum absolute atomic E-state index is 11.6. The van der Waals surface area contributed by atoms with Gasteiger partial charge in [0.25, 0.3) is 5.91 Å². The van der Waals surface area contributed by atoms with Crippen LogP contribution in [0.4, 0.5) is 0 Å². The van der Waals surface area contributed by atoms with Crippen LogP contribution in [0.3, 0.4) is 0 Å². The van der Waals surface area contributed by atoms with Gasteiger partial charge in [0.15, 0.2) is 11.5 Å². The first-order valence-corrected chi connectivity index (χ1v) is 8.48. The molecule has 142 valence electrons. The number of nitrogens with zero attached hydrogens (tertiary/aromatic N) is 1. The average Bonchev–Trinajstić information content (AvgIpc) is 2.65. The number of carbonyl (C=O) groups excluding carboxylic acids is 1. The molecule has 0 aliphatic rings. The summed E-state index contributed by atoms with van der Waals surface area (Å²) in [5.74, 6) is 0.574. The van der Waals surface area contributed by atoms with Crippen LogP contribution in [0.1, 0.15) is 25.0 Å². The van der Waals surface area contributed by atoms with Gasteiger partial charge in [-0.3, -0.25) is 4.79 Å². The summed E-state index contributed by atoms with van der Waals surface area (Å²) in [5, 5.41) is 13.4. The van der Waals surface area contributed by atoms with Gasteiger partial charge in [-0.1, -0.05) is 36.4 Å². The molecule has 0 saturated heterocycles. The van der Waals surface area contributed by atoms with E-state index in [9.17, 15) is 9.90 Å². The van der Waals surface area contributed by atoms with Gasteiger partial charge in [-0.2, -0.15) is 5.10 Å². The molecule has 2 N–H and O–H groups in total. The number of benzene rings is 2. The lowest BCUT2D eigenvalue weighted by Gasteiger charge is -2.13. The number of ether oxygens (including phenoxy) is 2. The van der Waals surface area contributed by atoms with Crippen molar-refractivity contribution >= 4 is 18.2 Å². The third-order valence-electron chi connectivity index (χ3n) is 3.57. The monoisotopic (exact) mass is 368 g/mol. The van der Waals surface area contributed by atoms with Crippen LogP contribution < -0.4 is 14.9 Å². The lowest BCUT2D eigenvalue weighted by Crippen LogP contribution is -2.39. The molecule has 0 fully saturated rings. The van der Waals surface area contributed by atoms with E-state index in [1.165, 1.54) is 20.1 Å². The van der Waals surface area contributed by atoms with Gasteiger partial charge in [-0.25, -0.2) is 5.43 Å². The summed E-state index contributed by atoms with van der Waals surface area (Å²) < 4.78 is 11.1. The highest BCUT2D eigenvalue weighted by Crippen LogP contribution is 2.27. The fraction of sp³-hybridized carbons (Fsp3) is 0.238. The van der Waals surface area contributed by atoms with Crippen molar-refractivity contribution in [3.05, 3.63) is 65.7 Å². The molecular formula is C21H24N2O4. The first-order valence-electron chi connectivity index (χ1n) is 8.48. The van der Waals surface area contributed by atoms with Gasteiger partial charge < -0.3 is 14.6 Å². The van der Waals surface area contributed by atoms with Crippen LogP contribution in [0, 0.1) is 0 Å². The van der Waals surface area contributed by atoms with Crippen molar-refractivity contribution in [3.63, 3.8) is 0 Å². The molecule has 0 bridgehead atoms. The number of nitrogens with one attached hydrogen (secondary N) is 1. The van der Waals surface area contributed by atoms with Crippen LogP contribution in [0.2, 0.25) is 0 Å². The van der Waals surface area contributed by atoms with Crippen molar-refractivity contribution in [2.45, 2.75) is 19.4 Å². The smallest absolute Gasteiger partial charge is 0.271 e. The quantitative estimate of drug-likeness (QED) is 0.554. The summed E-state index contributed by atoms with van der Waals surface area (Å²) >= 11 is 0. The second-order valence-electron chi connectivity index (χ2n) is 6.29. The number of methoxy groups -OCH3 is 1. The SMILES string of the molecule is COc1cc(C=NNC(=O)C(C)(C)O)ccc1OC/C=C/c1ccccc1. The van der Waals surface area contributed by atoms with Gasteiger partial charge in [-0.05, 0) is 49.2 Å². The minimum Gasteiger partial charge on any atom is -0.493 e. The van der Waals surface area contributed by atoms with Crippen molar-refractivity contribution in [1.82, 2.24) is 5.43 Å². The number of hydrazone groups is 1. The highest BCUT2D eigenvalue weighted by molar-refractivity contribution is 5.86. The molecule has 0 aliphatic heterocycles. The van der Waals surface area contributed by atoms with E-state index >= 15 is 0 Å². The molecule has 0 heterocycles. The summed E-state index contributed by atoms with van der Waals surface area (Å²) in [6.45, 7) is 3.18. The van der Waals surface area contributed by atoms with Crippen LogP contribution in [0.15, 0.2) is 59.7 Å². The lowest BCUT2D eigenvalue weighted by molar-refractivity contribution is -0.136. The molecule has 0 spiro atoms. The first kappa shape index (κ1) is 20.2. The predicted molar refractivity (Wildman–Crippen MR) is 106 cm³/mol. The molecule has 0 aromatic heterocycles. The van der Waals surface area contributed by atoms with E-state index in [0.717, 1.165) is 11.1 Å². The molecule has 0 radical (unpaired) electrons. The van der Waals surface area contributed by atoms with Crippen molar-refractivity contribution in [1.29, 1.82) is 0 Å². The molecule has 0 unspecified atom stereocenters. The van der Waals surface area contributed by atoms with Crippen molar-refractivity contribution in [3.8, 4) is 11.5 Å². The zero-order chi connectivity index (χ0) is 19.7. The normalized spacial score (nSPS) is 11.7. The van der Waals surface area contributed by atoms with E-state index in [1.807, 2.05) is 42.5 Å². The Hall–Kier alpha value is -3.12. The minimum absolute atomic E-state index is 0.403. The van der Waals surface area contributed by atoms with Gasteiger partial charge in [0, 0.05) is 0 Å². The maximum atomic E-state index is 11.6. The summed E-state index contributed by atoms with van der Waals surface area (Å²) in [7, 11) is 1.55. The zero-order valence-corrected chi connectivity index (χ0v) is 15.7. The van der Waals surface area contributed by atoms with Crippen LogP contribution >= 0.6 is 0 Å². The highest BCUT2D eigenvalue weighted by atomic mass is 16.5. The molecule has 2 aromatic carbocycles. The topological polar surface area (TPSA) is 80.2 Å². The molecule has 27 heavy (non-hydrogen) atoms. The van der Waals surface area contributed by atoms with E-state index in [4.69, 9.17) is 9.47 Å². The molecule has 0 saturated carbocycles. The standard InChI is InChI=1S/C21H24N2O4/c1-21(2,25)20(24)23-22-15-17-11-12-18(19(14-17)26-3)27-13-7-10-16-8-5-4-6-9-16/h4-12,14-15,25H,13H2,1-3H3,(H,23,24)/b10-7+,22-15?. The fourth-order valence-electron chi connectivity index (χ4n) is 2.07.